The molecular formula is C33H42F3N9O3S2. The molecule has 1 aromatic carbocycles. The number of fused-ring (bicyclic) bond motifs is 2. The van der Waals surface area contributed by atoms with E-state index in [2.05, 4.69) is 67.0 Å². The van der Waals surface area contributed by atoms with Crippen molar-refractivity contribution >= 4 is 54.2 Å². The fraction of sp³-hybridized carbons (Fsp3) is 0.545. The highest BCUT2D eigenvalue weighted by Gasteiger charge is 2.41. The summed E-state index contributed by atoms with van der Waals surface area (Å²) in [7, 11) is -1.56. The van der Waals surface area contributed by atoms with Crippen LogP contribution in [0.15, 0.2) is 24.3 Å². The van der Waals surface area contributed by atoms with Crippen LogP contribution in [0, 0.1) is 18.3 Å². The Morgan fingerprint density at radius 2 is 1.80 bits per heavy atom. The number of alkyl halides is 3. The van der Waals surface area contributed by atoms with Crippen molar-refractivity contribution < 1.29 is 26.7 Å². The molecule has 12 nitrogen and oxygen atoms in total. The van der Waals surface area contributed by atoms with Gasteiger partial charge in [0.05, 0.1) is 11.6 Å². The maximum Gasteiger partial charge on any atom is 0.419 e. The number of hydrogen-bond acceptors (Lipinski definition) is 11. The quantitative estimate of drug-likeness (QED) is 0.213. The van der Waals surface area contributed by atoms with E-state index in [0.717, 1.165) is 60.3 Å². The molecule has 2 saturated heterocycles. The minimum Gasteiger partial charge on any atom is -0.379 e. The molecule has 4 aromatic rings. The normalized spacial score (nSPS) is 18.8. The van der Waals surface area contributed by atoms with Gasteiger partial charge in [0.1, 0.15) is 22.4 Å². The number of nitriles is 1. The van der Waals surface area contributed by atoms with Gasteiger partial charge in [-0.1, -0.05) is 6.07 Å². The topological polar surface area (TPSA) is 143 Å². The summed E-state index contributed by atoms with van der Waals surface area (Å²) in [5.41, 5.74) is 3.91. The van der Waals surface area contributed by atoms with Gasteiger partial charge in [-0.2, -0.15) is 27.7 Å². The monoisotopic (exact) mass is 733 g/mol. The van der Waals surface area contributed by atoms with Gasteiger partial charge in [-0.25, -0.2) is 13.4 Å². The SMILES string of the molecule is CNc1nc(NC2CCN(Cc3ccc4c(cc(C#N)n4CC(C)N4CCN(S(C)(=O)=O)CC4)c3C)CC2)c2cc(C(O)C(F)(F)F)sc2n1. The molecular weight excluding hydrogens is 692 g/mol. The Bertz CT molecular complexity index is 2010. The number of benzene rings is 1. The summed E-state index contributed by atoms with van der Waals surface area (Å²) in [5, 5.41) is 27.6. The van der Waals surface area contributed by atoms with Crippen molar-refractivity contribution in [3.63, 3.8) is 0 Å². The molecule has 6 rings (SSSR count). The number of anilines is 2. The van der Waals surface area contributed by atoms with Gasteiger partial charge in [0, 0.05) is 87.3 Å². The Morgan fingerprint density at radius 3 is 2.42 bits per heavy atom. The van der Waals surface area contributed by atoms with Gasteiger partial charge in [-0.05, 0) is 56.0 Å². The van der Waals surface area contributed by atoms with E-state index in [1.807, 2.05) is 6.07 Å². The summed E-state index contributed by atoms with van der Waals surface area (Å²) in [5.74, 6) is 0.729. The molecule has 5 heterocycles. The van der Waals surface area contributed by atoms with E-state index in [-0.39, 0.29) is 22.9 Å². The summed E-state index contributed by atoms with van der Waals surface area (Å²) < 4.78 is 67.1. The molecule has 50 heavy (non-hydrogen) atoms. The summed E-state index contributed by atoms with van der Waals surface area (Å²) >= 11 is 0.805. The first-order chi connectivity index (χ1) is 23.7. The van der Waals surface area contributed by atoms with Gasteiger partial charge in [-0.3, -0.25) is 9.80 Å². The zero-order valence-corrected chi connectivity index (χ0v) is 30.1. The van der Waals surface area contributed by atoms with Crippen molar-refractivity contribution in [2.45, 2.75) is 64.1 Å². The zero-order valence-electron chi connectivity index (χ0n) is 28.5. The molecule has 0 radical (unpaired) electrons. The largest absolute Gasteiger partial charge is 0.419 e. The molecule has 2 aliphatic rings. The third kappa shape index (κ3) is 7.55. The lowest BCUT2D eigenvalue weighted by atomic mass is 10.0. The molecule has 2 atom stereocenters. The van der Waals surface area contributed by atoms with Crippen LogP contribution in [0.25, 0.3) is 21.1 Å². The second kappa shape index (κ2) is 14.2. The second-order valence-electron chi connectivity index (χ2n) is 13.2. The molecule has 0 spiro atoms. The van der Waals surface area contributed by atoms with E-state index >= 15 is 0 Å². The molecule has 0 aliphatic carbocycles. The standard InChI is InChI=1S/C33H42F3N9O3S2/c1-20(43-11-13-44(14-12-43)50(4,47)48)18-45-24(17-37)15-25-21(2)22(5-6-27(25)45)19-42-9-7-23(8-10-42)39-30-26-16-28(29(46)33(34,35)36)49-31(26)41-32(38-3)40-30/h5-6,15-16,20,23,29,46H,7-14,18-19H2,1-4H3,(H2,38,39,40,41). The number of halogens is 3. The fourth-order valence-corrected chi connectivity index (χ4v) is 8.83. The lowest BCUT2D eigenvalue weighted by molar-refractivity contribution is -0.205. The van der Waals surface area contributed by atoms with Gasteiger partial charge < -0.3 is 20.3 Å². The number of hydrogen-bond donors (Lipinski definition) is 3. The minimum absolute atomic E-state index is 0.0529. The van der Waals surface area contributed by atoms with Gasteiger partial charge in [0.2, 0.25) is 16.0 Å². The summed E-state index contributed by atoms with van der Waals surface area (Å²) in [6.45, 7) is 9.40. The third-order valence-electron chi connectivity index (χ3n) is 9.93. The number of aryl methyl sites for hydroxylation is 1. The summed E-state index contributed by atoms with van der Waals surface area (Å²) in [4.78, 5) is 13.6. The first-order valence-corrected chi connectivity index (χ1v) is 19.3. The van der Waals surface area contributed by atoms with Gasteiger partial charge in [0.25, 0.3) is 0 Å². The van der Waals surface area contributed by atoms with Crippen molar-refractivity contribution in [3.05, 3.63) is 46.0 Å². The number of aliphatic hydroxyl groups is 1. The third-order valence-corrected chi connectivity index (χ3v) is 12.3. The van der Waals surface area contributed by atoms with E-state index in [1.54, 1.807) is 7.05 Å². The highest BCUT2D eigenvalue weighted by molar-refractivity contribution is 7.88. The maximum absolute atomic E-state index is 13.2. The van der Waals surface area contributed by atoms with Crippen LogP contribution in [0.1, 0.15) is 47.6 Å². The molecule has 3 aromatic heterocycles. The Labute approximate surface area is 293 Å². The van der Waals surface area contributed by atoms with Crippen molar-refractivity contribution in [1.29, 1.82) is 5.26 Å². The Kier molecular flexibility index (Phi) is 10.3. The Hall–Kier alpha value is -3.53. The van der Waals surface area contributed by atoms with Crippen molar-refractivity contribution in [2.75, 3.05) is 63.2 Å². The van der Waals surface area contributed by atoms with Crippen LogP contribution in [0.4, 0.5) is 24.9 Å². The van der Waals surface area contributed by atoms with E-state index in [0.29, 0.717) is 54.5 Å². The number of piperidine rings is 1. The van der Waals surface area contributed by atoms with Crippen molar-refractivity contribution in [2.24, 2.45) is 0 Å². The van der Waals surface area contributed by atoms with Crippen molar-refractivity contribution in [1.82, 2.24) is 28.6 Å². The first-order valence-electron chi connectivity index (χ1n) is 16.6. The lowest BCUT2D eigenvalue weighted by Gasteiger charge is -2.37. The number of nitrogens with zero attached hydrogens (tertiary/aromatic N) is 7. The van der Waals surface area contributed by atoms with Crippen LogP contribution in [-0.4, -0.2) is 113 Å². The maximum atomic E-state index is 13.2. The number of piperazine rings is 1. The molecule has 2 fully saturated rings. The molecule has 2 aliphatic heterocycles. The number of aliphatic hydroxyl groups excluding tert-OH is 1. The molecule has 2 unspecified atom stereocenters. The van der Waals surface area contributed by atoms with Crippen LogP contribution >= 0.6 is 11.3 Å². The average Bonchev–Trinajstić information content (AvgIpc) is 3.67. The molecule has 0 saturated carbocycles. The summed E-state index contributed by atoms with van der Waals surface area (Å²) in [6, 6.07) is 10.0. The lowest BCUT2D eigenvalue weighted by Crippen LogP contribution is -2.51. The van der Waals surface area contributed by atoms with Crippen molar-refractivity contribution in [3.8, 4) is 6.07 Å². The average molecular weight is 734 g/mol. The second-order valence-corrected chi connectivity index (χ2v) is 16.3. The van der Waals surface area contributed by atoms with E-state index in [9.17, 15) is 32.0 Å². The van der Waals surface area contributed by atoms with Crippen LogP contribution in [0.3, 0.4) is 0 Å². The Balaban J connectivity index is 1.11. The highest BCUT2D eigenvalue weighted by atomic mass is 32.2. The number of thiophene rings is 1. The first kappa shape index (κ1) is 36.3. The molecule has 3 N–H and O–H groups in total. The number of aromatic nitrogens is 3. The number of likely N-dealkylation sites (tertiary alicyclic amines) is 1. The van der Waals surface area contributed by atoms with Crippen LogP contribution in [0.2, 0.25) is 0 Å². The van der Waals surface area contributed by atoms with Gasteiger partial charge in [0.15, 0.2) is 6.10 Å². The number of rotatable bonds is 10. The molecule has 0 amide bonds. The molecule has 0 bridgehead atoms. The van der Waals surface area contributed by atoms with Crippen LogP contribution in [0.5, 0.6) is 0 Å². The number of nitrogens with one attached hydrogen (secondary N) is 2. The number of sulfonamides is 1. The molecule has 17 heteroatoms. The minimum atomic E-state index is -4.77. The van der Waals surface area contributed by atoms with Gasteiger partial charge >= 0.3 is 6.18 Å². The fourth-order valence-electron chi connectivity index (χ4n) is 6.97. The van der Waals surface area contributed by atoms with E-state index in [4.69, 9.17) is 0 Å². The predicted molar refractivity (Wildman–Crippen MR) is 189 cm³/mol. The molecule has 270 valence electrons. The summed E-state index contributed by atoms with van der Waals surface area (Å²) in [6.07, 6.45) is -4.51. The van der Waals surface area contributed by atoms with Crippen LogP contribution < -0.4 is 10.6 Å². The predicted octanol–water partition coefficient (Wildman–Crippen LogP) is 4.51. The smallest absolute Gasteiger partial charge is 0.379 e. The van der Waals surface area contributed by atoms with E-state index < -0.39 is 22.3 Å². The Morgan fingerprint density at radius 1 is 1.10 bits per heavy atom. The van der Waals surface area contributed by atoms with Gasteiger partial charge in [-0.15, -0.1) is 11.3 Å². The highest BCUT2D eigenvalue weighted by Crippen LogP contribution is 2.40. The van der Waals surface area contributed by atoms with E-state index in [1.165, 1.54) is 22.2 Å². The zero-order chi connectivity index (χ0) is 36.0. The van der Waals surface area contributed by atoms with Crippen LogP contribution in [-0.2, 0) is 23.1 Å².